The lowest BCUT2D eigenvalue weighted by Gasteiger charge is -2.18. The molecule has 0 aliphatic carbocycles. The molecule has 0 saturated carbocycles. The predicted octanol–water partition coefficient (Wildman–Crippen LogP) is 4.20. The molecule has 4 N–H and O–H groups in total. The minimum absolute atomic E-state index is 0.0261. The fourth-order valence-electron chi connectivity index (χ4n) is 4.30. The highest BCUT2D eigenvalue weighted by molar-refractivity contribution is 7.92. The van der Waals surface area contributed by atoms with Gasteiger partial charge in [0.25, 0.3) is 10.0 Å². The fourth-order valence-corrected chi connectivity index (χ4v) is 5.35. The number of carbonyl (C=O) groups is 1. The molecule has 12 heteroatoms. The Balaban J connectivity index is 1.63. The van der Waals surface area contributed by atoms with E-state index < -0.39 is 10.0 Å². The van der Waals surface area contributed by atoms with Crippen LogP contribution in [0.5, 0.6) is 5.75 Å². The number of hydrogen-bond donors (Lipinski definition) is 4. The van der Waals surface area contributed by atoms with E-state index in [0.717, 1.165) is 6.54 Å². The number of fused-ring (bicyclic) bond motifs is 1. The number of benzene rings is 3. The van der Waals surface area contributed by atoms with E-state index in [9.17, 15) is 18.3 Å². The van der Waals surface area contributed by atoms with E-state index in [-0.39, 0.29) is 35.6 Å². The number of nitrogens with one attached hydrogen (secondary N) is 3. The third-order valence-corrected chi connectivity index (χ3v) is 7.30. The zero-order valence-corrected chi connectivity index (χ0v) is 24.2. The van der Waals surface area contributed by atoms with E-state index in [0.29, 0.717) is 39.6 Å². The van der Waals surface area contributed by atoms with Gasteiger partial charge in [0.05, 0.1) is 36.2 Å². The van der Waals surface area contributed by atoms with Crippen LogP contribution in [-0.4, -0.2) is 61.5 Å². The van der Waals surface area contributed by atoms with Crippen molar-refractivity contribution < 1.29 is 23.1 Å². The summed E-state index contributed by atoms with van der Waals surface area (Å²) in [6.45, 7) is 4.86. The standard InChI is InChI=1S/C29H34N6O5S/c1-19(2)16-35(3)17-27(37)30-21-8-7-9-24(15-21)41(38,39)34-29-28(32-25-10-5-6-11-26(25)33-29)31-22-12-20(18-36)13-23(14-22)40-4/h5-15,19,36H,16-18H2,1-4H3,(H,30,37)(H,31,32)(H,33,34). The number of anilines is 4. The molecule has 0 atom stereocenters. The summed E-state index contributed by atoms with van der Waals surface area (Å²) in [4.78, 5) is 23.5. The first-order valence-corrected chi connectivity index (χ1v) is 14.5. The highest BCUT2D eigenvalue weighted by Crippen LogP contribution is 2.30. The van der Waals surface area contributed by atoms with Crippen LogP contribution in [0, 0.1) is 5.92 Å². The van der Waals surface area contributed by atoms with Crippen molar-refractivity contribution in [3.8, 4) is 5.75 Å². The molecule has 0 saturated heterocycles. The average Bonchev–Trinajstić information content (AvgIpc) is 2.92. The van der Waals surface area contributed by atoms with Crippen LogP contribution in [0.25, 0.3) is 11.0 Å². The molecule has 0 fully saturated rings. The van der Waals surface area contributed by atoms with E-state index in [4.69, 9.17) is 4.74 Å². The van der Waals surface area contributed by atoms with Gasteiger partial charge in [-0.25, -0.2) is 18.4 Å². The van der Waals surface area contributed by atoms with Crippen molar-refractivity contribution in [1.29, 1.82) is 0 Å². The summed E-state index contributed by atoms with van der Waals surface area (Å²) in [6.07, 6.45) is 0. The number of rotatable bonds is 12. The van der Waals surface area contributed by atoms with Crippen LogP contribution >= 0.6 is 0 Å². The Morgan fingerprint density at radius 2 is 1.68 bits per heavy atom. The largest absolute Gasteiger partial charge is 0.497 e. The Labute approximate surface area is 239 Å². The number of carbonyl (C=O) groups excluding carboxylic acids is 1. The maximum atomic E-state index is 13.5. The van der Waals surface area contributed by atoms with Gasteiger partial charge in [0.2, 0.25) is 5.91 Å². The Bertz CT molecular complexity index is 1620. The van der Waals surface area contributed by atoms with Crippen molar-refractivity contribution in [1.82, 2.24) is 14.9 Å². The highest BCUT2D eigenvalue weighted by atomic mass is 32.2. The number of aliphatic hydroxyl groups excluding tert-OH is 1. The first kappa shape index (κ1) is 29.7. The van der Waals surface area contributed by atoms with Gasteiger partial charge < -0.3 is 20.5 Å². The molecule has 0 aliphatic rings. The molecule has 4 aromatic rings. The van der Waals surface area contributed by atoms with E-state index >= 15 is 0 Å². The highest BCUT2D eigenvalue weighted by Gasteiger charge is 2.20. The van der Waals surface area contributed by atoms with Gasteiger partial charge in [0, 0.05) is 24.0 Å². The molecule has 41 heavy (non-hydrogen) atoms. The molecule has 1 heterocycles. The van der Waals surface area contributed by atoms with Crippen molar-refractivity contribution in [2.75, 3.05) is 42.6 Å². The molecule has 3 aromatic carbocycles. The van der Waals surface area contributed by atoms with Crippen LogP contribution < -0.4 is 20.1 Å². The van der Waals surface area contributed by atoms with Crippen molar-refractivity contribution in [2.24, 2.45) is 5.92 Å². The first-order chi connectivity index (χ1) is 19.6. The van der Waals surface area contributed by atoms with Crippen LogP contribution in [0.1, 0.15) is 19.4 Å². The second kappa shape index (κ2) is 12.9. The maximum Gasteiger partial charge on any atom is 0.263 e. The van der Waals surface area contributed by atoms with Gasteiger partial charge in [0.1, 0.15) is 5.75 Å². The third-order valence-electron chi connectivity index (χ3n) is 5.97. The second-order valence-electron chi connectivity index (χ2n) is 10.0. The number of methoxy groups -OCH3 is 1. The molecule has 1 amide bonds. The van der Waals surface area contributed by atoms with Crippen molar-refractivity contribution in [3.05, 3.63) is 72.3 Å². The average molecular weight is 579 g/mol. The van der Waals surface area contributed by atoms with Crippen molar-refractivity contribution in [3.63, 3.8) is 0 Å². The van der Waals surface area contributed by atoms with Gasteiger partial charge in [-0.3, -0.25) is 14.4 Å². The molecule has 216 valence electrons. The Hall–Kier alpha value is -4.26. The number of ether oxygens (including phenoxy) is 1. The molecular weight excluding hydrogens is 544 g/mol. The molecule has 0 unspecified atom stereocenters. The quantitative estimate of drug-likeness (QED) is 0.194. The van der Waals surface area contributed by atoms with Crippen LogP contribution in [-0.2, 0) is 21.4 Å². The van der Waals surface area contributed by atoms with E-state index in [1.807, 2.05) is 11.9 Å². The monoisotopic (exact) mass is 578 g/mol. The van der Waals surface area contributed by atoms with E-state index in [1.54, 1.807) is 54.6 Å². The Kier molecular flexibility index (Phi) is 9.38. The summed E-state index contributed by atoms with van der Waals surface area (Å²) in [5.41, 5.74) is 2.51. The fraction of sp³-hybridized carbons (Fsp3) is 0.276. The van der Waals surface area contributed by atoms with E-state index in [2.05, 4.69) is 39.2 Å². The normalized spacial score (nSPS) is 11.6. The van der Waals surface area contributed by atoms with Crippen LogP contribution in [0.2, 0.25) is 0 Å². The number of likely N-dealkylation sites (N-methyl/N-ethyl adjacent to an activating group) is 1. The summed E-state index contributed by atoms with van der Waals surface area (Å²) in [5, 5.41) is 15.5. The number of aliphatic hydroxyl groups is 1. The second-order valence-corrected chi connectivity index (χ2v) is 11.7. The third kappa shape index (κ3) is 7.91. The van der Waals surface area contributed by atoms with Gasteiger partial charge in [-0.05, 0) is 61.0 Å². The number of amides is 1. The number of sulfonamides is 1. The topological polar surface area (TPSA) is 146 Å². The summed E-state index contributed by atoms with van der Waals surface area (Å²) >= 11 is 0. The Morgan fingerprint density at radius 1 is 0.976 bits per heavy atom. The lowest BCUT2D eigenvalue weighted by atomic mass is 10.2. The Morgan fingerprint density at radius 3 is 2.34 bits per heavy atom. The zero-order chi connectivity index (χ0) is 29.6. The first-order valence-electron chi connectivity index (χ1n) is 13.0. The maximum absolute atomic E-state index is 13.5. The van der Waals surface area contributed by atoms with Gasteiger partial charge in [-0.15, -0.1) is 0 Å². The van der Waals surface area contributed by atoms with Crippen molar-refractivity contribution in [2.45, 2.75) is 25.3 Å². The van der Waals surface area contributed by atoms with Gasteiger partial charge in [0.15, 0.2) is 11.6 Å². The van der Waals surface area contributed by atoms with Gasteiger partial charge >= 0.3 is 0 Å². The minimum Gasteiger partial charge on any atom is -0.497 e. The van der Waals surface area contributed by atoms with Crippen LogP contribution in [0.4, 0.5) is 23.0 Å². The predicted molar refractivity (Wildman–Crippen MR) is 160 cm³/mol. The lowest BCUT2D eigenvalue weighted by molar-refractivity contribution is -0.117. The molecule has 4 rings (SSSR count). The SMILES string of the molecule is COc1cc(CO)cc(Nc2nc3ccccc3nc2NS(=O)(=O)c2cccc(NC(=O)CN(C)CC(C)C)c2)c1. The smallest absolute Gasteiger partial charge is 0.263 e. The number of aromatic nitrogens is 2. The lowest BCUT2D eigenvalue weighted by Crippen LogP contribution is -2.32. The summed E-state index contributed by atoms with van der Waals surface area (Å²) in [5.74, 6) is 0.793. The van der Waals surface area contributed by atoms with E-state index in [1.165, 1.54) is 19.2 Å². The number of nitrogens with zero attached hydrogens (tertiary/aromatic N) is 3. The molecule has 0 aliphatic heterocycles. The van der Waals surface area contributed by atoms with Crippen LogP contribution in [0.15, 0.2) is 71.6 Å². The summed E-state index contributed by atoms with van der Waals surface area (Å²) < 4.78 is 34.9. The molecular formula is C29H34N6O5S. The molecule has 0 radical (unpaired) electrons. The minimum atomic E-state index is -4.14. The molecule has 11 nitrogen and oxygen atoms in total. The van der Waals surface area contributed by atoms with Crippen LogP contribution in [0.3, 0.4) is 0 Å². The van der Waals surface area contributed by atoms with Gasteiger partial charge in [-0.2, -0.15) is 0 Å². The molecule has 0 spiro atoms. The summed E-state index contributed by atoms with van der Waals surface area (Å²) in [6, 6.07) is 18.2. The molecule has 1 aromatic heterocycles. The number of hydrogen-bond acceptors (Lipinski definition) is 9. The molecule has 0 bridgehead atoms. The van der Waals surface area contributed by atoms with Crippen molar-refractivity contribution >= 4 is 50.0 Å². The number of para-hydroxylation sites is 2. The zero-order valence-electron chi connectivity index (χ0n) is 23.4. The summed E-state index contributed by atoms with van der Waals surface area (Å²) in [7, 11) is -0.771. The van der Waals surface area contributed by atoms with Gasteiger partial charge in [-0.1, -0.05) is 32.0 Å².